The number of carbonyl (C=O) groups is 1. The molecule has 172 valence electrons. The van der Waals surface area contributed by atoms with Crippen molar-refractivity contribution in [1.29, 1.82) is 0 Å². The first-order valence-corrected chi connectivity index (χ1v) is 12.3. The van der Waals surface area contributed by atoms with Crippen LogP contribution in [0.5, 0.6) is 0 Å². The summed E-state index contributed by atoms with van der Waals surface area (Å²) in [7, 11) is -3.87. The molecule has 0 aliphatic carbocycles. The first-order chi connectivity index (χ1) is 16.2. The van der Waals surface area contributed by atoms with Gasteiger partial charge in [-0.3, -0.25) is 9.59 Å². The summed E-state index contributed by atoms with van der Waals surface area (Å²) in [4.78, 5) is 25.6. The molecule has 8 heteroatoms. The van der Waals surface area contributed by atoms with Gasteiger partial charge in [0.15, 0.2) is 5.43 Å². The van der Waals surface area contributed by atoms with Crippen LogP contribution in [0.15, 0.2) is 74.8 Å². The zero-order valence-corrected chi connectivity index (χ0v) is 19.6. The third kappa shape index (κ3) is 3.47. The molecule has 0 saturated carbocycles. The van der Waals surface area contributed by atoms with Crippen molar-refractivity contribution in [3.8, 4) is 11.3 Å². The average molecular weight is 475 g/mol. The molecule has 3 aromatic carbocycles. The number of carbonyl (C=O) groups excluding carboxylic acids is 1. The fourth-order valence-electron chi connectivity index (χ4n) is 4.40. The Morgan fingerprint density at radius 3 is 2.44 bits per heavy atom. The van der Waals surface area contributed by atoms with E-state index in [0.717, 1.165) is 16.7 Å². The maximum Gasteiger partial charge on any atom is 0.268 e. The van der Waals surface area contributed by atoms with E-state index < -0.39 is 22.0 Å². The minimum Gasteiger partial charge on any atom is -0.455 e. The normalized spacial score (nSPS) is 15.1. The maximum absolute atomic E-state index is 13.3. The standard InChI is InChI=1S/C26H22N2O5S/c1-14-12-18(16(3)27-20-10-7-11-21-22(20)26(30)28-34(21,31)32)25-19(13-14)23(29)15(2)24(33-25)17-8-5-4-6-9-17/h4-13,16,27H,1-3H3,(H,28,30). The van der Waals surface area contributed by atoms with Crippen molar-refractivity contribution in [3.63, 3.8) is 0 Å². The number of fused-ring (bicyclic) bond motifs is 2. The lowest BCUT2D eigenvalue weighted by molar-refractivity contribution is 0.0986. The molecule has 1 aliphatic rings. The number of hydrogen-bond donors (Lipinski definition) is 2. The van der Waals surface area contributed by atoms with Gasteiger partial charge in [0.1, 0.15) is 16.2 Å². The molecule has 0 spiro atoms. The second kappa shape index (κ2) is 7.85. The van der Waals surface area contributed by atoms with Crippen molar-refractivity contribution in [1.82, 2.24) is 4.72 Å². The summed E-state index contributed by atoms with van der Waals surface area (Å²) >= 11 is 0. The van der Waals surface area contributed by atoms with Gasteiger partial charge < -0.3 is 9.73 Å². The van der Waals surface area contributed by atoms with Gasteiger partial charge in [0.2, 0.25) is 0 Å². The second-order valence-electron chi connectivity index (χ2n) is 8.46. The molecule has 5 rings (SSSR count). The zero-order chi connectivity index (χ0) is 24.2. The minimum atomic E-state index is -3.87. The van der Waals surface area contributed by atoms with Gasteiger partial charge in [0.25, 0.3) is 15.9 Å². The Morgan fingerprint density at radius 1 is 0.971 bits per heavy atom. The summed E-state index contributed by atoms with van der Waals surface area (Å²) in [5.41, 5.74) is 3.74. The Kier molecular flexibility index (Phi) is 5.06. The molecule has 4 aromatic rings. The smallest absolute Gasteiger partial charge is 0.268 e. The topological polar surface area (TPSA) is 105 Å². The van der Waals surface area contributed by atoms with E-state index in [4.69, 9.17) is 4.42 Å². The van der Waals surface area contributed by atoms with Gasteiger partial charge in [-0.2, -0.15) is 0 Å². The van der Waals surface area contributed by atoms with Gasteiger partial charge in [-0.05, 0) is 44.5 Å². The van der Waals surface area contributed by atoms with E-state index in [1.54, 1.807) is 25.1 Å². The Hall–Kier alpha value is -3.91. The Bertz CT molecular complexity index is 1640. The van der Waals surface area contributed by atoms with E-state index >= 15 is 0 Å². The number of amides is 1. The molecule has 1 amide bonds. The lowest BCUT2D eigenvalue weighted by Crippen LogP contribution is -2.21. The Balaban J connectivity index is 1.67. The van der Waals surface area contributed by atoms with Gasteiger partial charge in [-0.25, -0.2) is 13.1 Å². The summed E-state index contributed by atoms with van der Waals surface area (Å²) in [5.74, 6) is -0.172. The van der Waals surface area contributed by atoms with Gasteiger partial charge in [-0.15, -0.1) is 0 Å². The van der Waals surface area contributed by atoms with Crippen molar-refractivity contribution in [3.05, 3.63) is 93.1 Å². The molecule has 2 heterocycles. The molecule has 34 heavy (non-hydrogen) atoms. The lowest BCUT2D eigenvalue weighted by Gasteiger charge is -2.20. The van der Waals surface area contributed by atoms with E-state index in [9.17, 15) is 18.0 Å². The van der Waals surface area contributed by atoms with Gasteiger partial charge >= 0.3 is 0 Å². The number of benzene rings is 3. The van der Waals surface area contributed by atoms with Crippen molar-refractivity contribution < 1.29 is 17.6 Å². The highest BCUT2D eigenvalue weighted by atomic mass is 32.2. The molecule has 2 N–H and O–H groups in total. The molecule has 0 radical (unpaired) electrons. The van der Waals surface area contributed by atoms with E-state index in [1.165, 1.54) is 6.07 Å². The molecule has 0 saturated heterocycles. The van der Waals surface area contributed by atoms with E-state index in [2.05, 4.69) is 5.32 Å². The van der Waals surface area contributed by atoms with Crippen molar-refractivity contribution in [2.45, 2.75) is 31.7 Å². The summed E-state index contributed by atoms with van der Waals surface area (Å²) < 4.78 is 32.8. The van der Waals surface area contributed by atoms with E-state index in [0.29, 0.717) is 28.0 Å². The molecular formula is C26H22N2O5S. The van der Waals surface area contributed by atoms with Gasteiger partial charge in [-0.1, -0.05) is 42.5 Å². The van der Waals surface area contributed by atoms with Crippen LogP contribution >= 0.6 is 0 Å². The van der Waals surface area contributed by atoms with E-state index in [-0.39, 0.29) is 15.9 Å². The SMILES string of the molecule is Cc1cc(C(C)Nc2cccc3c2C(=O)NS3(=O)=O)c2oc(-c3ccccc3)c(C)c(=O)c2c1. The number of anilines is 1. The Morgan fingerprint density at radius 2 is 1.71 bits per heavy atom. The van der Waals surface area contributed by atoms with E-state index in [1.807, 2.05) is 55.0 Å². The third-order valence-electron chi connectivity index (χ3n) is 6.04. The molecule has 1 atom stereocenters. The van der Waals surface area contributed by atoms with Crippen LogP contribution in [-0.4, -0.2) is 14.3 Å². The molecule has 1 aliphatic heterocycles. The highest BCUT2D eigenvalue weighted by Crippen LogP contribution is 2.34. The summed E-state index contributed by atoms with van der Waals surface area (Å²) in [6.07, 6.45) is 0. The lowest BCUT2D eigenvalue weighted by atomic mass is 9.98. The third-order valence-corrected chi connectivity index (χ3v) is 7.41. The number of aryl methyl sites for hydroxylation is 1. The summed E-state index contributed by atoms with van der Waals surface area (Å²) in [6.45, 7) is 5.52. The first kappa shape index (κ1) is 21.9. The monoisotopic (exact) mass is 474 g/mol. The van der Waals surface area contributed by atoms with Crippen LogP contribution in [0.25, 0.3) is 22.3 Å². The average Bonchev–Trinajstić information content (AvgIpc) is 3.05. The molecule has 1 aromatic heterocycles. The fraction of sp³-hybridized carbons (Fsp3) is 0.154. The van der Waals surface area contributed by atoms with Crippen LogP contribution in [0.1, 0.15) is 40.0 Å². The van der Waals surface area contributed by atoms with Crippen LogP contribution in [0.2, 0.25) is 0 Å². The van der Waals surface area contributed by atoms with Crippen LogP contribution < -0.4 is 15.5 Å². The number of nitrogens with one attached hydrogen (secondary N) is 2. The number of hydrogen-bond acceptors (Lipinski definition) is 6. The molecular weight excluding hydrogens is 452 g/mol. The highest BCUT2D eigenvalue weighted by Gasteiger charge is 2.35. The molecule has 0 fully saturated rings. The zero-order valence-electron chi connectivity index (χ0n) is 18.8. The largest absolute Gasteiger partial charge is 0.455 e. The highest BCUT2D eigenvalue weighted by molar-refractivity contribution is 7.90. The molecule has 7 nitrogen and oxygen atoms in total. The quantitative estimate of drug-likeness (QED) is 0.445. The predicted octanol–water partition coefficient (Wildman–Crippen LogP) is 4.68. The van der Waals surface area contributed by atoms with Crippen LogP contribution in [0.3, 0.4) is 0 Å². The van der Waals surface area contributed by atoms with Crippen LogP contribution in [0, 0.1) is 13.8 Å². The van der Waals surface area contributed by atoms with Crippen molar-refractivity contribution in [2.24, 2.45) is 0 Å². The summed E-state index contributed by atoms with van der Waals surface area (Å²) in [6, 6.07) is 17.4. The second-order valence-corrected chi connectivity index (χ2v) is 10.1. The number of sulfonamides is 1. The van der Waals surface area contributed by atoms with Gasteiger partial charge in [0, 0.05) is 22.4 Å². The Labute approximate surface area is 196 Å². The molecule has 1 unspecified atom stereocenters. The molecule has 0 bridgehead atoms. The van der Waals surface area contributed by atoms with Crippen molar-refractivity contribution >= 4 is 32.6 Å². The fourth-order valence-corrected chi connectivity index (χ4v) is 5.59. The van der Waals surface area contributed by atoms with Crippen molar-refractivity contribution in [2.75, 3.05) is 5.32 Å². The summed E-state index contributed by atoms with van der Waals surface area (Å²) in [5, 5.41) is 3.72. The predicted molar refractivity (Wildman–Crippen MR) is 131 cm³/mol. The first-order valence-electron chi connectivity index (χ1n) is 10.8. The van der Waals surface area contributed by atoms with Gasteiger partial charge in [0.05, 0.1) is 17.0 Å². The van der Waals surface area contributed by atoms with Crippen LogP contribution in [-0.2, 0) is 10.0 Å². The minimum absolute atomic E-state index is 0.0580. The van der Waals surface area contributed by atoms with Crippen LogP contribution in [0.4, 0.5) is 5.69 Å². The number of rotatable bonds is 4. The maximum atomic E-state index is 13.3.